The Kier molecular flexibility index (Phi) is 6.35. The molecular formula is C13H18N2O3S. The van der Waals surface area contributed by atoms with E-state index in [1.54, 1.807) is 12.1 Å². The zero-order chi connectivity index (χ0) is 14.3. The molecule has 1 N–H and O–H groups in total. The standard InChI is InChI=1S/C13H18N2O3S/c1-3-4-10(2)14-13(16)9-19-12-7-5-11(6-8-12)15(17)18/h5-8,10H,3-4,9H2,1-2H3,(H,14,16)/t10-/m1/s1. The molecular weight excluding hydrogens is 264 g/mol. The summed E-state index contributed by atoms with van der Waals surface area (Å²) < 4.78 is 0. The lowest BCUT2D eigenvalue weighted by atomic mass is 10.2. The molecule has 0 fully saturated rings. The van der Waals surface area contributed by atoms with E-state index in [0.29, 0.717) is 5.75 Å². The number of non-ortho nitro benzene ring substituents is 1. The van der Waals surface area contributed by atoms with Crippen molar-refractivity contribution in [2.45, 2.75) is 37.6 Å². The largest absolute Gasteiger partial charge is 0.353 e. The number of amides is 1. The number of carbonyl (C=O) groups is 1. The van der Waals surface area contributed by atoms with Crippen LogP contribution in [0.2, 0.25) is 0 Å². The van der Waals surface area contributed by atoms with E-state index in [2.05, 4.69) is 12.2 Å². The first kappa shape index (κ1) is 15.5. The van der Waals surface area contributed by atoms with E-state index in [1.165, 1.54) is 23.9 Å². The molecule has 6 heteroatoms. The van der Waals surface area contributed by atoms with E-state index in [4.69, 9.17) is 0 Å². The number of carbonyl (C=O) groups excluding carboxylic acids is 1. The summed E-state index contributed by atoms with van der Waals surface area (Å²) in [6, 6.07) is 6.40. The second kappa shape index (κ2) is 7.78. The van der Waals surface area contributed by atoms with Crippen LogP contribution in [0.25, 0.3) is 0 Å². The van der Waals surface area contributed by atoms with Crippen molar-refractivity contribution in [3.63, 3.8) is 0 Å². The highest BCUT2D eigenvalue weighted by Crippen LogP contribution is 2.21. The van der Waals surface area contributed by atoms with Crippen molar-refractivity contribution >= 4 is 23.4 Å². The van der Waals surface area contributed by atoms with E-state index >= 15 is 0 Å². The fourth-order valence-corrected chi connectivity index (χ4v) is 2.34. The third kappa shape index (κ3) is 5.74. The summed E-state index contributed by atoms with van der Waals surface area (Å²) in [6.45, 7) is 4.06. The fourth-order valence-electron chi connectivity index (χ4n) is 1.63. The minimum absolute atomic E-state index is 0.00990. The molecule has 0 aromatic heterocycles. The van der Waals surface area contributed by atoms with E-state index in [-0.39, 0.29) is 17.6 Å². The van der Waals surface area contributed by atoms with Crippen LogP contribution in [-0.4, -0.2) is 22.6 Å². The number of hydrogen-bond acceptors (Lipinski definition) is 4. The molecule has 104 valence electrons. The first-order valence-electron chi connectivity index (χ1n) is 6.19. The van der Waals surface area contributed by atoms with Crippen LogP contribution in [0.1, 0.15) is 26.7 Å². The highest BCUT2D eigenvalue weighted by Gasteiger charge is 2.08. The third-order valence-electron chi connectivity index (χ3n) is 2.55. The second-order valence-electron chi connectivity index (χ2n) is 4.30. The zero-order valence-electron chi connectivity index (χ0n) is 11.1. The minimum Gasteiger partial charge on any atom is -0.353 e. The first-order chi connectivity index (χ1) is 9.02. The Bertz CT molecular complexity index is 434. The van der Waals surface area contributed by atoms with Gasteiger partial charge in [0.15, 0.2) is 0 Å². The first-order valence-corrected chi connectivity index (χ1v) is 7.18. The number of rotatable bonds is 7. The lowest BCUT2D eigenvalue weighted by molar-refractivity contribution is -0.384. The highest BCUT2D eigenvalue weighted by atomic mass is 32.2. The molecule has 0 saturated heterocycles. The van der Waals surface area contributed by atoms with E-state index in [1.807, 2.05) is 6.92 Å². The quantitative estimate of drug-likeness (QED) is 0.474. The fraction of sp³-hybridized carbons (Fsp3) is 0.462. The average Bonchev–Trinajstić information content (AvgIpc) is 2.37. The number of thioether (sulfide) groups is 1. The number of nitro benzene ring substituents is 1. The Hall–Kier alpha value is -1.56. The van der Waals surface area contributed by atoms with Gasteiger partial charge in [0.05, 0.1) is 10.7 Å². The second-order valence-corrected chi connectivity index (χ2v) is 5.35. The van der Waals surface area contributed by atoms with Crippen LogP contribution in [0.5, 0.6) is 0 Å². The third-order valence-corrected chi connectivity index (χ3v) is 3.56. The zero-order valence-corrected chi connectivity index (χ0v) is 11.9. The summed E-state index contributed by atoms with van der Waals surface area (Å²) in [7, 11) is 0. The topological polar surface area (TPSA) is 72.2 Å². The van der Waals surface area contributed by atoms with Crippen molar-refractivity contribution in [1.29, 1.82) is 0 Å². The smallest absolute Gasteiger partial charge is 0.269 e. The number of benzene rings is 1. The normalized spacial score (nSPS) is 11.9. The molecule has 5 nitrogen and oxygen atoms in total. The summed E-state index contributed by atoms with van der Waals surface area (Å²) >= 11 is 1.37. The molecule has 0 heterocycles. The molecule has 1 rings (SSSR count). The van der Waals surface area contributed by atoms with Gasteiger partial charge in [-0.25, -0.2) is 0 Å². The Morgan fingerprint density at radius 1 is 1.42 bits per heavy atom. The SMILES string of the molecule is CCC[C@@H](C)NC(=O)CSc1ccc([N+](=O)[O-])cc1. The molecule has 1 amide bonds. The summed E-state index contributed by atoms with van der Waals surface area (Å²) in [5.41, 5.74) is 0.0605. The number of nitrogens with zero attached hydrogens (tertiary/aromatic N) is 1. The van der Waals surface area contributed by atoms with Gasteiger partial charge in [-0.1, -0.05) is 13.3 Å². The van der Waals surface area contributed by atoms with Crippen molar-refractivity contribution in [2.75, 3.05) is 5.75 Å². The number of hydrogen-bond donors (Lipinski definition) is 1. The van der Waals surface area contributed by atoms with Gasteiger partial charge < -0.3 is 5.32 Å². The highest BCUT2D eigenvalue weighted by molar-refractivity contribution is 8.00. The Labute approximate surface area is 116 Å². The van der Waals surface area contributed by atoms with Crippen molar-refractivity contribution in [3.8, 4) is 0 Å². The maximum atomic E-state index is 11.6. The molecule has 0 spiro atoms. The predicted molar refractivity (Wildman–Crippen MR) is 76.3 cm³/mol. The van der Waals surface area contributed by atoms with Gasteiger partial charge in [-0.3, -0.25) is 14.9 Å². The van der Waals surface area contributed by atoms with Crippen LogP contribution in [0.4, 0.5) is 5.69 Å². The van der Waals surface area contributed by atoms with Crippen molar-refractivity contribution < 1.29 is 9.72 Å². The molecule has 1 atom stereocenters. The lowest BCUT2D eigenvalue weighted by Crippen LogP contribution is -2.33. The summed E-state index contributed by atoms with van der Waals surface area (Å²) in [4.78, 5) is 22.5. The van der Waals surface area contributed by atoms with Crippen LogP contribution in [0.3, 0.4) is 0 Å². The Morgan fingerprint density at radius 3 is 2.58 bits per heavy atom. The van der Waals surface area contributed by atoms with Crippen LogP contribution >= 0.6 is 11.8 Å². The van der Waals surface area contributed by atoms with Gasteiger partial charge in [-0.2, -0.15) is 0 Å². The summed E-state index contributed by atoms with van der Waals surface area (Å²) in [5, 5.41) is 13.4. The Balaban J connectivity index is 2.39. The molecule has 0 radical (unpaired) electrons. The van der Waals surface area contributed by atoms with Crippen LogP contribution in [0, 0.1) is 10.1 Å². The van der Waals surface area contributed by atoms with Crippen LogP contribution in [0.15, 0.2) is 29.2 Å². The molecule has 1 aromatic rings. The van der Waals surface area contributed by atoms with Crippen LogP contribution < -0.4 is 5.32 Å². The van der Waals surface area contributed by atoms with Crippen LogP contribution in [-0.2, 0) is 4.79 Å². The molecule has 0 aliphatic carbocycles. The minimum atomic E-state index is -0.437. The number of nitro groups is 1. The van der Waals surface area contributed by atoms with E-state index in [0.717, 1.165) is 17.7 Å². The maximum absolute atomic E-state index is 11.6. The van der Waals surface area contributed by atoms with Gasteiger partial charge >= 0.3 is 0 Å². The van der Waals surface area contributed by atoms with Gasteiger partial charge in [0, 0.05) is 23.1 Å². The van der Waals surface area contributed by atoms with E-state index in [9.17, 15) is 14.9 Å². The van der Waals surface area contributed by atoms with Gasteiger partial charge in [-0.05, 0) is 25.5 Å². The Morgan fingerprint density at radius 2 is 2.05 bits per heavy atom. The molecule has 0 aliphatic rings. The maximum Gasteiger partial charge on any atom is 0.269 e. The summed E-state index contributed by atoms with van der Waals surface area (Å²) in [5.74, 6) is 0.315. The van der Waals surface area contributed by atoms with Gasteiger partial charge in [-0.15, -0.1) is 11.8 Å². The average molecular weight is 282 g/mol. The lowest BCUT2D eigenvalue weighted by Gasteiger charge is -2.12. The predicted octanol–water partition coefficient (Wildman–Crippen LogP) is 2.99. The van der Waals surface area contributed by atoms with Crippen molar-refractivity contribution in [2.24, 2.45) is 0 Å². The van der Waals surface area contributed by atoms with Gasteiger partial charge in [0.2, 0.25) is 5.91 Å². The molecule has 0 unspecified atom stereocenters. The molecule has 1 aromatic carbocycles. The monoisotopic (exact) mass is 282 g/mol. The van der Waals surface area contributed by atoms with Gasteiger partial charge in [0.1, 0.15) is 0 Å². The summed E-state index contributed by atoms with van der Waals surface area (Å²) in [6.07, 6.45) is 2.00. The molecule has 0 saturated carbocycles. The molecule has 19 heavy (non-hydrogen) atoms. The molecule has 0 bridgehead atoms. The van der Waals surface area contributed by atoms with Gasteiger partial charge in [0.25, 0.3) is 5.69 Å². The van der Waals surface area contributed by atoms with Crippen molar-refractivity contribution in [1.82, 2.24) is 5.32 Å². The van der Waals surface area contributed by atoms with E-state index < -0.39 is 4.92 Å². The van der Waals surface area contributed by atoms with Crippen molar-refractivity contribution in [3.05, 3.63) is 34.4 Å². The molecule has 0 aliphatic heterocycles. The number of nitrogens with one attached hydrogen (secondary N) is 1.